The second-order valence-electron chi connectivity index (χ2n) is 5.20. The number of quaternary nitrogens is 1. The number of ether oxygens (including phenoxy) is 1. The molecule has 1 fully saturated rings. The summed E-state index contributed by atoms with van der Waals surface area (Å²) in [6, 6.07) is 0. The molecule has 98 valence electrons. The lowest BCUT2D eigenvalue weighted by Crippen LogP contribution is -3.00. The van der Waals surface area contributed by atoms with Crippen molar-refractivity contribution in [3.05, 3.63) is 0 Å². The molecule has 0 aromatic carbocycles. The minimum atomic E-state index is -0.164. The average Bonchev–Trinajstić information content (AvgIpc) is 2.16. The number of halogens is 3. The third-order valence-corrected chi connectivity index (χ3v) is 4.19. The van der Waals surface area contributed by atoms with Crippen molar-refractivity contribution in [1.29, 1.82) is 0 Å². The molecule has 1 rings (SSSR count). The van der Waals surface area contributed by atoms with Gasteiger partial charge in [-0.2, -0.15) is 0 Å². The summed E-state index contributed by atoms with van der Waals surface area (Å²) in [6.07, 6.45) is 0.983. The van der Waals surface area contributed by atoms with Crippen molar-refractivity contribution in [2.24, 2.45) is 0 Å². The van der Waals surface area contributed by atoms with Crippen LogP contribution in [0.15, 0.2) is 0 Å². The van der Waals surface area contributed by atoms with E-state index in [1.165, 1.54) is 3.94 Å². The van der Waals surface area contributed by atoms with Gasteiger partial charge in [0.1, 0.15) is 13.1 Å². The second-order valence-corrected chi connectivity index (χ2v) is 6.05. The highest BCUT2D eigenvalue weighted by atomic mass is 35.5. The number of morpholine rings is 1. The molecule has 1 aliphatic heterocycles. The highest BCUT2D eigenvalue weighted by Crippen LogP contribution is 2.25. The Morgan fingerprint density at radius 2 is 1.75 bits per heavy atom. The van der Waals surface area contributed by atoms with E-state index in [0.717, 1.165) is 43.8 Å². The number of hydrogen-bond donors (Lipinski definition) is 0. The fraction of sp³-hybridized carbons (Fsp3) is 1.00. The third kappa shape index (κ3) is 4.94. The van der Waals surface area contributed by atoms with Crippen LogP contribution in [0.1, 0.15) is 20.3 Å². The van der Waals surface area contributed by atoms with Gasteiger partial charge in [0.05, 0.1) is 32.3 Å². The van der Waals surface area contributed by atoms with Gasteiger partial charge in [-0.25, -0.2) is 0 Å². The molecule has 0 unspecified atom stereocenters. The first-order valence-electron chi connectivity index (χ1n) is 5.39. The first-order chi connectivity index (χ1) is 6.86. The molecule has 0 radical (unpaired) electrons. The van der Waals surface area contributed by atoms with E-state index >= 15 is 0 Å². The summed E-state index contributed by atoms with van der Waals surface area (Å²) >= 11 is 11.6. The van der Waals surface area contributed by atoms with Crippen molar-refractivity contribution >= 4 is 23.6 Å². The van der Waals surface area contributed by atoms with Crippen LogP contribution in [0.25, 0.3) is 0 Å². The smallest absolute Gasteiger partial charge is 0.102 e. The summed E-state index contributed by atoms with van der Waals surface area (Å²) in [5.41, 5.74) is -0.164. The fourth-order valence-electron chi connectivity index (χ4n) is 1.64. The van der Waals surface area contributed by atoms with Crippen LogP contribution in [0.5, 0.6) is 0 Å². The SMILES string of the molecule is CC(C)(CC[N+]1(C)CCOCC1)N(Cl)Cl.[Cl-]. The van der Waals surface area contributed by atoms with Gasteiger partial charge >= 0.3 is 0 Å². The first-order valence-corrected chi connectivity index (χ1v) is 6.06. The molecule has 6 heteroatoms. The van der Waals surface area contributed by atoms with E-state index in [1.54, 1.807) is 0 Å². The van der Waals surface area contributed by atoms with E-state index < -0.39 is 0 Å². The lowest BCUT2D eigenvalue weighted by Gasteiger charge is -2.40. The number of nitrogens with zero attached hydrogens (tertiary/aromatic N) is 2. The van der Waals surface area contributed by atoms with Gasteiger partial charge in [0, 0.05) is 6.42 Å². The summed E-state index contributed by atoms with van der Waals surface area (Å²) in [7, 11) is 2.27. The Kier molecular flexibility index (Phi) is 6.93. The van der Waals surface area contributed by atoms with Gasteiger partial charge in [-0.3, -0.25) is 0 Å². The molecule has 0 N–H and O–H groups in total. The fourth-order valence-corrected chi connectivity index (χ4v) is 1.80. The molecule has 1 aliphatic rings. The summed E-state index contributed by atoms with van der Waals surface area (Å²) in [6.45, 7) is 9.09. The zero-order chi connectivity index (χ0) is 11.5. The molecular weight excluding hydrogens is 270 g/mol. The highest BCUT2D eigenvalue weighted by Gasteiger charge is 2.31. The predicted molar refractivity (Wildman–Crippen MR) is 63.8 cm³/mol. The Morgan fingerprint density at radius 3 is 2.19 bits per heavy atom. The van der Waals surface area contributed by atoms with Gasteiger partial charge in [0.15, 0.2) is 0 Å². The van der Waals surface area contributed by atoms with E-state index in [9.17, 15) is 0 Å². The van der Waals surface area contributed by atoms with Gasteiger partial charge in [-0.05, 0) is 37.4 Å². The second kappa shape index (κ2) is 6.62. The van der Waals surface area contributed by atoms with E-state index in [1.807, 2.05) is 0 Å². The number of likely N-dealkylation sites (N-methyl/N-ethyl adjacent to an activating group) is 1. The van der Waals surface area contributed by atoms with E-state index in [-0.39, 0.29) is 17.9 Å². The van der Waals surface area contributed by atoms with Crippen LogP contribution in [-0.4, -0.2) is 53.9 Å². The zero-order valence-corrected chi connectivity index (χ0v) is 12.4. The van der Waals surface area contributed by atoms with Crippen LogP contribution in [0.3, 0.4) is 0 Å². The van der Waals surface area contributed by atoms with Crippen molar-refractivity contribution in [1.82, 2.24) is 3.94 Å². The molecule has 0 amide bonds. The standard InChI is InChI=1S/C10H21Cl2N2O.ClH/c1-10(2,13(11)12)4-5-14(3)6-8-15-9-7-14;/h4-9H2,1-3H3;1H/q+1;/p-1. The molecule has 16 heavy (non-hydrogen) atoms. The predicted octanol–water partition coefficient (Wildman–Crippen LogP) is -0.754. The third-order valence-electron chi connectivity index (χ3n) is 3.27. The average molecular weight is 292 g/mol. The van der Waals surface area contributed by atoms with Gasteiger partial charge in [0.2, 0.25) is 0 Å². The van der Waals surface area contributed by atoms with Crippen molar-refractivity contribution in [2.45, 2.75) is 25.8 Å². The van der Waals surface area contributed by atoms with Crippen LogP contribution in [0.2, 0.25) is 0 Å². The van der Waals surface area contributed by atoms with Crippen molar-refractivity contribution < 1.29 is 21.6 Å². The summed E-state index contributed by atoms with van der Waals surface area (Å²) in [5, 5.41) is 0. The maximum Gasteiger partial charge on any atom is 0.102 e. The first kappa shape index (κ1) is 16.8. The quantitative estimate of drug-likeness (QED) is 0.499. The summed E-state index contributed by atoms with van der Waals surface area (Å²) < 4.78 is 7.69. The normalized spacial score (nSPS) is 20.6. The topological polar surface area (TPSA) is 12.5 Å². The minimum Gasteiger partial charge on any atom is -1.00 e. The number of rotatable bonds is 4. The molecule has 0 aromatic heterocycles. The van der Waals surface area contributed by atoms with Gasteiger partial charge in [-0.15, -0.1) is 3.94 Å². The maximum atomic E-state index is 5.80. The van der Waals surface area contributed by atoms with Gasteiger partial charge < -0.3 is 21.6 Å². The molecule has 3 nitrogen and oxygen atoms in total. The van der Waals surface area contributed by atoms with E-state index in [4.69, 9.17) is 28.3 Å². The van der Waals surface area contributed by atoms with Crippen molar-refractivity contribution in [2.75, 3.05) is 39.9 Å². The van der Waals surface area contributed by atoms with Crippen LogP contribution < -0.4 is 12.4 Å². The molecular formula is C10H21Cl3N2O. The maximum absolute atomic E-state index is 5.80. The molecule has 0 atom stereocenters. The number of hydrogen-bond acceptors (Lipinski definition) is 2. The van der Waals surface area contributed by atoms with Crippen LogP contribution in [0.4, 0.5) is 0 Å². The molecule has 0 bridgehead atoms. The lowest BCUT2D eigenvalue weighted by atomic mass is 10.0. The largest absolute Gasteiger partial charge is 1.00 e. The van der Waals surface area contributed by atoms with Crippen LogP contribution in [-0.2, 0) is 4.74 Å². The Labute approximate surface area is 115 Å². The van der Waals surface area contributed by atoms with E-state index in [2.05, 4.69) is 20.9 Å². The van der Waals surface area contributed by atoms with Crippen molar-refractivity contribution in [3.63, 3.8) is 0 Å². The lowest BCUT2D eigenvalue weighted by molar-refractivity contribution is -0.917. The zero-order valence-electron chi connectivity index (χ0n) is 10.2. The van der Waals surface area contributed by atoms with E-state index in [0.29, 0.717) is 0 Å². The monoisotopic (exact) mass is 290 g/mol. The molecule has 0 aromatic rings. The Hall–Kier alpha value is 0.750. The minimum absolute atomic E-state index is 0. The van der Waals surface area contributed by atoms with Crippen LogP contribution >= 0.6 is 23.6 Å². The van der Waals surface area contributed by atoms with Gasteiger partial charge in [-0.1, -0.05) is 0 Å². The Bertz CT molecular complexity index is 206. The van der Waals surface area contributed by atoms with Gasteiger partial charge in [0.25, 0.3) is 0 Å². The highest BCUT2D eigenvalue weighted by molar-refractivity contribution is 6.34. The van der Waals surface area contributed by atoms with Crippen molar-refractivity contribution in [3.8, 4) is 0 Å². The van der Waals surface area contributed by atoms with Crippen LogP contribution in [0, 0.1) is 0 Å². The molecule has 0 spiro atoms. The summed E-state index contributed by atoms with van der Waals surface area (Å²) in [5.74, 6) is 0. The molecule has 0 saturated carbocycles. The molecule has 1 heterocycles. The summed E-state index contributed by atoms with van der Waals surface area (Å²) in [4.78, 5) is 0. The molecule has 1 saturated heterocycles. The molecule has 0 aliphatic carbocycles. The Balaban J connectivity index is 0.00000225. The Morgan fingerprint density at radius 1 is 1.25 bits per heavy atom.